The number of aliphatic hydroxyl groups excluding tert-OH is 1. The summed E-state index contributed by atoms with van der Waals surface area (Å²) in [5, 5.41) is 33.3. The molecule has 0 saturated heterocycles. The number of hydrogen-bond acceptors (Lipinski definition) is 28. The van der Waals surface area contributed by atoms with Gasteiger partial charge in [0.25, 0.3) is 0 Å². The number of ether oxygens (including phenoxy) is 4. The van der Waals surface area contributed by atoms with Crippen molar-refractivity contribution in [3.05, 3.63) is 255 Å². The van der Waals surface area contributed by atoms with E-state index in [0.717, 1.165) is 135 Å². The molecule has 1 saturated carbocycles. The van der Waals surface area contributed by atoms with Gasteiger partial charge in [0.05, 0.1) is 96.4 Å². The minimum absolute atomic E-state index is 0.0229. The van der Waals surface area contributed by atoms with Gasteiger partial charge in [-0.05, 0) is 196 Å². The van der Waals surface area contributed by atoms with Gasteiger partial charge in [-0.25, -0.2) is 69.6 Å². The van der Waals surface area contributed by atoms with Gasteiger partial charge in [-0.3, -0.25) is 0 Å². The number of halogens is 8. The first-order valence-electron chi connectivity index (χ1n) is 39.8. The summed E-state index contributed by atoms with van der Waals surface area (Å²) < 4.78 is 20.9. The predicted molar refractivity (Wildman–Crippen MR) is 510 cm³/mol. The molecular weight excluding hydrogens is 1800 g/mol. The summed E-state index contributed by atoms with van der Waals surface area (Å²) in [5.41, 5.74) is 52.4. The molecule has 37 heteroatoms. The van der Waals surface area contributed by atoms with Crippen LogP contribution >= 0.6 is 92.8 Å². The van der Waals surface area contributed by atoms with E-state index in [1.165, 1.54) is 20.0 Å². The van der Waals surface area contributed by atoms with Crippen LogP contribution in [0.2, 0.25) is 40.4 Å². The van der Waals surface area contributed by atoms with Gasteiger partial charge in [0.2, 0.25) is 47.8 Å². The Morgan fingerprint density at radius 1 is 0.453 bits per heavy atom. The number of nitrogen functional groups attached to an aromatic ring is 6. The topological polar surface area (TPSA) is 463 Å². The van der Waals surface area contributed by atoms with Crippen LogP contribution in [-0.4, -0.2) is 119 Å². The molecule has 0 amide bonds. The second kappa shape index (κ2) is 46.3. The van der Waals surface area contributed by atoms with Crippen molar-refractivity contribution in [2.24, 2.45) is 5.92 Å². The second-order valence-corrected chi connectivity index (χ2v) is 31.2. The number of nitrogens with two attached hydrogens (primary N) is 6. The summed E-state index contributed by atoms with van der Waals surface area (Å²) in [4.78, 5) is 69.2. The van der Waals surface area contributed by atoms with E-state index in [0.29, 0.717) is 97.9 Å². The summed E-state index contributed by atoms with van der Waals surface area (Å²) in [6, 6.07) is 48.2. The molecule has 29 nitrogen and oxygen atoms in total. The molecule has 7 aromatic carbocycles. The van der Waals surface area contributed by atoms with Crippen LogP contribution in [0.1, 0.15) is 103 Å². The standard InChI is InChI=1S/C15H15Cl2N3.C13H11Cl3N2O.C13H13Cl2N3O.C13H13N3O2.C13H15N3O.C12H11ClN4O2.C12H13N3O/c1-8-12(7-9-5-6-9)19-15(18)20-14(8)10-3-2-4-11(16)13(10)17;1-3-7-4-11(18-13(16)17-7)9-5-8(19-2)6-10(14)12(9)15;1-3-7-6-9(18-13(16)17-7)8-4-5-10(19-2)12(15)11(8)14;1-2-10-7-11(16-13(14)15-10)8-3-5-9(6-4-8)12(17)18;1-2-11-7-12(16-13(14)15-11)10-5-3-4-9(6-10)8-17;1-15-10-4-8(16-12(14)17-10)6-2-7(13)11-9(3-6)18-5-19-11;1-2-9-7-11(15-12(13)14-9)8-3-5-10(16)6-4-8/h2-4,9H,5-7H2,1H3,(H2,18,19,20);4-6H,3H2,1-2H3;4-6H,3H2,1-2H3,(H2,16,17,18);3-7H,2H2,1H3,(H,17,18)(H2,14,15,16);3-7,17H,2,8H2,1H3,(H2,14,15,16);2-4H,5H2,1H3,(H3,14,15,16,17);3-7,16H,2H2,1H3,(H2,13,14,15). The molecule has 7 aromatic heterocycles. The van der Waals surface area contributed by atoms with E-state index in [2.05, 4.69) is 75.1 Å². The summed E-state index contributed by atoms with van der Waals surface area (Å²) in [6.45, 7) is 12.2. The Labute approximate surface area is 779 Å². The van der Waals surface area contributed by atoms with Crippen LogP contribution in [0, 0.1) is 12.8 Å². The van der Waals surface area contributed by atoms with Crippen LogP contribution < -0.4 is 58.7 Å². The number of aromatic hydroxyl groups is 1. The fraction of sp³-hybridized carbons (Fsp3) is 0.220. The monoisotopic (exact) mass is 1890 g/mol. The molecule has 0 radical (unpaired) electrons. The third-order valence-corrected chi connectivity index (χ3v) is 22.1. The van der Waals surface area contributed by atoms with E-state index in [9.17, 15) is 9.90 Å². The van der Waals surface area contributed by atoms with Crippen LogP contribution in [0.3, 0.4) is 0 Å². The van der Waals surface area contributed by atoms with Crippen LogP contribution in [0.15, 0.2) is 164 Å². The van der Waals surface area contributed by atoms with Crippen LogP contribution in [-0.2, 0) is 45.1 Å². The highest BCUT2D eigenvalue weighted by molar-refractivity contribution is 6.45. The third kappa shape index (κ3) is 26.8. The maximum atomic E-state index is 10.8. The number of nitrogens with zero attached hydrogens (tertiary/aromatic N) is 14. The highest BCUT2D eigenvalue weighted by atomic mass is 35.5. The van der Waals surface area contributed by atoms with Crippen molar-refractivity contribution in [3.63, 3.8) is 0 Å². The summed E-state index contributed by atoms with van der Waals surface area (Å²) in [6.07, 6.45) is 7.44. The number of methoxy groups -OCH3 is 2. The van der Waals surface area contributed by atoms with Gasteiger partial charge in [0.1, 0.15) is 28.1 Å². The zero-order valence-corrected chi connectivity index (χ0v) is 76.9. The molecule has 14 aromatic rings. The molecule has 2 aliphatic rings. The zero-order valence-electron chi connectivity index (χ0n) is 70.9. The molecule has 0 spiro atoms. The lowest BCUT2D eigenvalue weighted by Crippen LogP contribution is -2.06. The lowest BCUT2D eigenvalue weighted by Gasteiger charge is -2.12. The number of anilines is 7. The molecule has 1 fully saturated rings. The molecule has 128 heavy (non-hydrogen) atoms. The Balaban J connectivity index is 0.000000156. The quantitative estimate of drug-likeness (QED) is 0.0336. The molecule has 0 atom stereocenters. The Kier molecular flexibility index (Phi) is 35.3. The molecule has 16 rings (SSSR count). The van der Waals surface area contributed by atoms with Gasteiger partial charge in [0.15, 0.2) is 11.5 Å². The SMILES string of the molecule is CCc1cc(-c2cc(OC)cc(Cl)c2Cl)nc(Cl)n1.CCc1cc(-c2ccc(C(=O)O)cc2)nc(N)n1.CCc1cc(-c2ccc(O)cc2)nc(N)n1.CCc1cc(-c2ccc(OC)c(Cl)c2Cl)nc(N)n1.CCc1cc(-c2cccc(CO)c2)nc(N)n1.CNc1cc(-c2cc(Cl)c3c(c2)OCO3)nc(N)n1.Cc1c(CC2CC2)nc(N)nc1-c1cccc(Cl)c1Cl. The smallest absolute Gasteiger partial charge is 0.335 e. The van der Waals surface area contributed by atoms with E-state index in [-0.39, 0.29) is 65.7 Å². The number of fused-ring (bicyclic) bond motifs is 1. The van der Waals surface area contributed by atoms with Gasteiger partial charge in [-0.15, -0.1) is 0 Å². The fourth-order valence-corrected chi connectivity index (χ4v) is 14.1. The number of hydrogen-bond donors (Lipinski definition) is 10. The molecule has 0 unspecified atom stereocenters. The average molecular weight is 1890 g/mol. The maximum Gasteiger partial charge on any atom is 0.335 e. The molecule has 1 aliphatic carbocycles. The van der Waals surface area contributed by atoms with E-state index >= 15 is 0 Å². The van der Waals surface area contributed by atoms with Crippen molar-refractivity contribution in [2.45, 2.75) is 99.5 Å². The maximum absolute atomic E-state index is 10.8. The molecule has 0 bridgehead atoms. The highest BCUT2D eigenvalue weighted by Crippen LogP contribution is 2.44. The number of rotatable bonds is 19. The van der Waals surface area contributed by atoms with Crippen molar-refractivity contribution in [3.8, 4) is 108 Å². The van der Waals surface area contributed by atoms with Crippen molar-refractivity contribution in [1.82, 2.24) is 69.8 Å². The molecule has 16 N–H and O–H groups in total. The molecule has 664 valence electrons. The van der Waals surface area contributed by atoms with E-state index in [1.54, 1.807) is 105 Å². The van der Waals surface area contributed by atoms with Gasteiger partial charge in [0, 0.05) is 92.3 Å². The number of carbonyl (C=O) groups is 1. The number of carboxylic acids is 1. The first-order valence-corrected chi connectivity index (χ1v) is 42.8. The van der Waals surface area contributed by atoms with Gasteiger partial charge in [-0.2, -0.15) is 4.98 Å². The normalized spacial score (nSPS) is 11.4. The first-order chi connectivity index (χ1) is 61.3. The van der Waals surface area contributed by atoms with Gasteiger partial charge < -0.3 is 74.0 Å². The molecular formula is C91H91Cl8N21O8. The minimum atomic E-state index is -0.946. The van der Waals surface area contributed by atoms with E-state index < -0.39 is 5.97 Å². The number of phenolic OH excluding ortho intramolecular Hbond substituents is 1. The zero-order chi connectivity index (χ0) is 92.6. The van der Waals surface area contributed by atoms with Crippen molar-refractivity contribution in [2.75, 3.05) is 67.8 Å². The fourth-order valence-electron chi connectivity index (χ4n) is 12.3. The number of carboxylic acid groups (broad SMARTS) is 1. The predicted octanol–water partition coefficient (Wildman–Crippen LogP) is 20.5. The van der Waals surface area contributed by atoms with E-state index in [1.807, 2.05) is 114 Å². The number of aromatic nitrogens is 14. The van der Waals surface area contributed by atoms with Gasteiger partial charge in [-0.1, -0.05) is 158 Å². The third-order valence-electron chi connectivity index (χ3n) is 19.2. The first kappa shape index (κ1) is 97.6. The number of nitrogens with one attached hydrogen (secondary N) is 1. The lowest BCUT2D eigenvalue weighted by atomic mass is 10.0. The lowest BCUT2D eigenvalue weighted by molar-refractivity contribution is 0.0696. The van der Waals surface area contributed by atoms with Crippen LogP contribution in [0.4, 0.5) is 41.5 Å². The Hall–Kier alpha value is -12.6. The summed E-state index contributed by atoms with van der Waals surface area (Å²) in [7, 11) is 4.86. The Morgan fingerprint density at radius 3 is 1.48 bits per heavy atom. The Morgan fingerprint density at radius 2 is 0.953 bits per heavy atom. The van der Waals surface area contributed by atoms with Crippen molar-refractivity contribution < 1.29 is 39.1 Å². The second-order valence-electron chi connectivity index (χ2n) is 28.1. The number of aliphatic hydroxyl groups is 1. The molecule has 8 heterocycles. The van der Waals surface area contributed by atoms with E-state index in [4.69, 9.17) is 156 Å². The molecule has 1 aliphatic heterocycles. The number of aromatic carboxylic acids is 1. The summed E-state index contributed by atoms with van der Waals surface area (Å²) >= 11 is 49.1. The van der Waals surface area contributed by atoms with Crippen molar-refractivity contribution >= 4 is 140 Å². The largest absolute Gasteiger partial charge is 0.508 e. The Bertz CT molecular complexity index is 6250. The minimum Gasteiger partial charge on any atom is -0.508 e. The van der Waals surface area contributed by atoms with Gasteiger partial charge >= 0.3 is 5.97 Å². The van der Waals surface area contributed by atoms with Crippen molar-refractivity contribution in [1.29, 1.82) is 0 Å². The van der Waals surface area contributed by atoms with Crippen LogP contribution in [0.5, 0.6) is 28.7 Å². The summed E-state index contributed by atoms with van der Waals surface area (Å²) in [5.74, 6) is 4.45. The number of benzene rings is 7. The van der Waals surface area contributed by atoms with Crippen LogP contribution in [0.25, 0.3) is 78.8 Å². The highest BCUT2D eigenvalue weighted by Gasteiger charge is 2.26. The number of phenols is 1. The average Bonchev–Trinajstić information content (AvgIpc) is 1.52. The number of aryl methyl sites for hydroxylation is 5.